The van der Waals surface area contributed by atoms with Gasteiger partial charge < -0.3 is 4.74 Å². The lowest BCUT2D eigenvalue weighted by Crippen LogP contribution is -2.29. The maximum absolute atomic E-state index is 14.1. The highest BCUT2D eigenvalue weighted by Gasteiger charge is 2.40. The molecule has 0 radical (unpaired) electrons. The largest absolute Gasteiger partial charge is 0.457 e. The third kappa shape index (κ3) is 3.40. The molecule has 9 heteroatoms. The van der Waals surface area contributed by atoms with E-state index in [4.69, 9.17) is 4.74 Å². The molecular weight excluding hydrogens is 482 g/mol. The van der Waals surface area contributed by atoms with Gasteiger partial charge in [-0.2, -0.15) is 0 Å². The van der Waals surface area contributed by atoms with E-state index in [2.05, 4.69) is 0 Å². The van der Waals surface area contributed by atoms with Gasteiger partial charge in [-0.3, -0.25) is 19.2 Å². The van der Waals surface area contributed by atoms with E-state index < -0.39 is 35.3 Å². The fraction of sp³-hybridized carbons (Fsp3) is 0. The quantitative estimate of drug-likeness (QED) is 0.355. The van der Waals surface area contributed by atoms with Gasteiger partial charge in [-0.25, -0.2) is 18.6 Å². The maximum atomic E-state index is 14.1. The van der Waals surface area contributed by atoms with Crippen molar-refractivity contribution in [3.05, 3.63) is 119 Å². The number of hydrogen-bond acceptors (Lipinski definition) is 5. The molecule has 4 amide bonds. The average Bonchev–Trinajstić information content (AvgIpc) is 3.31. The van der Waals surface area contributed by atoms with Gasteiger partial charge in [0, 0.05) is 0 Å². The summed E-state index contributed by atoms with van der Waals surface area (Å²) in [5.74, 6) is -3.47. The van der Waals surface area contributed by atoms with Crippen LogP contribution in [0.25, 0.3) is 0 Å². The van der Waals surface area contributed by atoms with Gasteiger partial charge in [0.2, 0.25) is 0 Å². The smallest absolute Gasteiger partial charge is 0.269 e. The Balaban J connectivity index is 1.19. The number of ether oxygens (including phenoxy) is 1. The van der Waals surface area contributed by atoms with Crippen LogP contribution < -0.4 is 14.5 Å². The molecule has 0 saturated heterocycles. The first-order valence-electron chi connectivity index (χ1n) is 11.1. The van der Waals surface area contributed by atoms with E-state index in [-0.39, 0.29) is 33.6 Å². The van der Waals surface area contributed by atoms with Crippen LogP contribution in [0.3, 0.4) is 0 Å². The van der Waals surface area contributed by atoms with Crippen LogP contribution >= 0.6 is 0 Å². The molecule has 4 aromatic carbocycles. The number of carbonyl (C=O) groups is 4. The van der Waals surface area contributed by atoms with Crippen LogP contribution in [-0.2, 0) is 0 Å². The Bertz CT molecular complexity index is 1530. The van der Waals surface area contributed by atoms with Crippen molar-refractivity contribution in [2.45, 2.75) is 0 Å². The van der Waals surface area contributed by atoms with Crippen LogP contribution in [0.4, 0.5) is 20.2 Å². The molecule has 0 bridgehead atoms. The van der Waals surface area contributed by atoms with Crippen LogP contribution in [0.1, 0.15) is 41.4 Å². The number of anilines is 2. The Morgan fingerprint density at radius 3 is 1.22 bits per heavy atom. The first-order chi connectivity index (χ1) is 17.8. The number of rotatable bonds is 4. The molecule has 37 heavy (non-hydrogen) atoms. The van der Waals surface area contributed by atoms with E-state index in [1.54, 1.807) is 0 Å². The Labute approximate surface area is 208 Å². The lowest BCUT2D eigenvalue weighted by molar-refractivity contribution is 0.0909. The van der Waals surface area contributed by atoms with Crippen LogP contribution in [0.2, 0.25) is 0 Å². The molecular formula is C28H14F2N2O5. The Morgan fingerprint density at radius 2 is 0.865 bits per heavy atom. The topological polar surface area (TPSA) is 84.0 Å². The predicted molar refractivity (Wildman–Crippen MR) is 128 cm³/mol. The van der Waals surface area contributed by atoms with Crippen LogP contribution in [0.15, 0.2) is 84.9 Å². The molecule has 0 N–H and O–H groups in total. The SMILES string of the molecule is O=C1c2cccc(F)c2C(=O)N1c1ccc(Oc2ccc(N3C(=O)c4cccc(F)c4C3=O)cc2)cc1. The van der Waals surface area contributed by atoms with Crippen molar-refractivity contribution in [1.29, 1.82) is 0 Å². The number of nitrogens with zero attached hydrogens (tertiary/aromatic N) is 2. The van der Waals surface area contributed by atoms with Crippen LogP contribution in [-0.4, -0.2) is 23.6 Å². The summed E-state index contributed by atoms with van der Waals surface area (Å²) in [6, 6.07) is 19.9. The molecule has 0 saturated carbocycles. The molecule has 0 aromatic heterocycles. The monoisotopic (exact) mass is 496 g/mol. The minimum Gasteiger partial charge on any atom is -0.457 e. The highest BCUT2D eigenvalue weighted by Crippen LogP contribution is 2.34. The standard InChI is InChI=1S/C28H14F2N2O5/c29-21-5-1-3-19-23(21)27(35)31(25(19)33)15-7-11-17(12-8-15)37-18-13-9-16(10-14-18)32-26(34)20-4-2-6-22(30)24(20)28(32)36/h1-14H. The van der Waals surface area contributed by atoms with Crippen molar-refractivity contribution in [2.75, 3.05) is 9.80 Å². The minimum absolute atomic E-state index is 0.00576. The van der Waals surface area contributed by atoms with Crippen LogP contribution in [0.5, 0.6) is 11.5 Å². The predicted octanol–water partition coefficient (Wildman–Crippen LogP) is 5.36. The molecule has 6 rings (SSSR count). The fourth-order valence-electron chi connectivity index (χ4n) is 4.42. The molecule has 0 aliphatic carbocycles. The number of fused-ring (bicyclic) bond motifs is 2. The normalized spacial score (nSPS) is 14.3. The molecule has 4 aromatic rings. The summed E-state index contributed by atoms with van der Waals surface area (Å²) >= 11 is 0. The second-order valence-electron chi connectivity index (χ2n) is 8.31. The maximum Gasteiger partial charge on any atom is 0.269 e. The molecule has 0 spiro atoms. The van der Waals surface area contributed by atoms with Crippen molar-refractivity contribution in [3.8, 4) is 11.5 Å². The summed E-state index contributed by atoms with van der Waals surface area (Å²) < 4.78 is 34.0. The molecule has 0 fully saturated rings. The molecule has 2 aliphatic rings. The minimum atomic E-state index is -0.756. The van der Waals surface area contributed by atoms with Crippen molar-refractivity contribution >= 4 is 35.0 Å². The molecule has 2 heterocycles. The summed E-state index contributed by atoms with van der Waals surface area (Å²) in [5, 5.41) is 0. The van der Waals surface area contributed by atoms with Crippen molar-refractivity contribution < 1.29 is 32.7 Å². The second kappa shape index (κ2) is 8.20. The first kappa shape index (κ1) is 22.3. The van der Waals surface area contributed by atoms with E-state index in [0.29, 0.717) is 11.5 Å². The fourth-order valence-corrected chi connectivity index (χ4v) is 4.42. The van der Waals surface area contributed by atoms with E-state index in [1.165, 1.54) is 72.8 Å². The molecule has 0 unspecified atom stereocenters. The zero-order valence-electron chi connectivity index (χ0n) is 18.8. The van der Waals surface area contributed by atoms with E-state index in [0.717, 1.165) is 21.9 Å². The van der Waals surface area contributed by atoms with E-state index >= 15 is 0 Å². The van der Waals surface area contributed by atoms with Crippen LogP contribution in [0, 0.1) is 11.6 Å². The Hall–Kier alpha value is -5.18. The number of carbonyl (C=O) groups excluding carboxylic acids is 4. The molecule has 7 nitrogen and oxygen atoms in total. The zero-order valence-corrected chi connectivity index (χ0v) is 18.8. The first-order valence-corrected chi connectivity index (χ1v) is 11.1. The summed E-state index contributed by atoms with van der Waals surface area (Å²) in [5.41, 5.74) is 0.0113. The van der Waals surface area contributed by atoms with Crippen molar-refractivity contribution in [1.82, 2.24) is 0 Å². The second-order valence-corrected chi connectivity index (χ2v) is 8.31. The van der Waals surface area contributed by atoms with E-state index in [9.17, 15) is 28.0 Å². The highest BCUT2D eigenvalue weighted by molar-refractivity contribution is 6.35. The molecule has 180 valence electrons. The third-order valence-electron chi connectivity index (χ3n) is 6.15. The Kier molecular flexibility index (Phi) is 4.94. The molecule has 2 aliphatic heterocycles. The average molecular weight is 496 g/mol. The van der Waals surface area contributed by atoms with Crippen molar-refractivity contribution in [3.63, 3.8) is 0 Å². The molecule has 0 atom stereocenters. The van der Waals surface area contributed by atoms with Gasteiger partial charge >= 0.3 is 0 Å². The van der Waals surface area contributed by atoms with Gasteiger partial charge in [-0.05, 0) is 72.8 Å². The summed E-state index contributed by atoms with van der Waals surface area (Å²) in [7, 11) is 0. The highest BCUT2D eigenvalue weighted by atomic mass is 19.1. The number of hydrogen-bond donors (Lipinski definition) is 0. The lowest BCUT2D eigenvalue weighted by atomic mass is 10.1. The van der Waals surface area contributed by atoms with Gasteiger partial charge in [0.25, 0.3) is 23.6 Å². The lowest BCUT2D eigenvalue weighted by Gasteiger charge is -2.16. The van der Waals surface area contributed by atoms with Crippen molar-refractivity contribution in [2.24, 2.45) is 0 Å². The summed E-state index contributed by atoms with van der Waals surface area (Å²) in [4.78, 5) is 52.4. The van der Waals surface area contributed by atoms with Gasteiger partial charge in [-0.1, -0.05) is 12.1 Å². The third-order valence-corrected chi connectivity index (χ3v) is 6.15. The van der Waals surface area contributed by atoms with Gasteiger partial charge in [0.05, 0.1) is 33.6 Å². The van der Waals surface area contributed by atoms with E-state index in [1.807, 2.05) is 0 Å². The number of benzene rings is 4. The van der Waals surface area contributed by atoms with Gasteiger partial charge in [0.15, 0.2) is 0 Å². The summed E-state index contributed by atoms with van der Waals surface area (Å²) in [6.07, 6.45) is 0. The van der Waals surface area contributed by atoms with Gasteiger partial charge in [-0.15, -0.1) is 0 Å². The number of amides is 4. The zero-order chi connectivity index (χ0) is 25.8. The van der Waals surface area contributed by atoms with Gasteiger partial charge in [0.1, 0.15) is 23.1 Å². The number of halogens is 2. The number of imide groups is 2. The Morgan fingerprint density at radius 1 is 0.486 bits per heavy atom. The summed E-state index contributed by atoms with van der Waals surface area (Å²) in [6.45, 7) is 0.